The monoisotopic (exact) mass is 430 g/mol. The summed E-state index contributed by atoms with van der Waals surface area (Å²) >= 11 is 5.94. The molecule has 30 heavy (non-hydrogen) atoms. The van der Waals surface area contributed by atoms with Crippen LogP contribution in [0.1, 0.15) is 17.5 Å². The van der Waals surface area contributed by atoms with E-state index in [2.05, 4.69) is 5.32 Å². The zero-order valence-electron chi connectivity index (χ0n) is 17.0. The van der Waals surface area contributed by atoms with Crippen LogP contribution in [0.15, 0.2) is 36.4 Å². The molecule has 0 aromatic heterocycles. The molecule has 1 atom stereocenters. The minimum atomic E-state index is -0.620. The number of hydrogen-bond acceptors (Lipinski definition) is 5. The lowest BCUT2D eigenvalue weighted by atomic mass is 10.1. The molecule has 0 aliphatic carbocycles. The van der Waals surface area contributed by atoms with Gasteiger partial charge in [0.05, 0.1) is 18.7 Å². The average Bonchev–Trinajstić information content (AvgIpc) is 3.08. The Morgan fingerprint density at radius 1 is 1.20 bits per heavy atom. The van der Waals surface area contributed by atoms with E-state index in [1.165, 1.54) is 13.2 Å². The highest BCUT2D eigenvalue weighted by Gasteiger charge is 2.37. The van der Waals surface area contributed by atoms with Gasteiger partial charge in [-0.1, -0.05) is 29.8 Å². The minimum absolute atomic E-state index is 0.0519. The Hall–Kier alpha value is -3.06. The maximum Gasteiger partial charge on any atom is 0.311 e. The van der Waals surface area contributed by atoms with Crippen LogP contribution >= 0.6 is 11.6 Å². The molecule has 1 N–H and O–H groups in total. The molecule has 1 fully saturated rings. The highest BCUT2D eigenvalue weighted by molar-refractivity contribution is 6.31. The topological polar surface area (TPSA) is 84.9 Å². The number of hydrogen-bond donors (Lipinski definition) is 1. The molecule has 8 heteroatoms. The van der Waals surface area contributed by atoms with Gasteiger partial charge in [0, 0.05) is 23.7 Å². The van der Waals surface area contributed by atoms with Crippen molar-refractivity contribution in [1.29, 1.82) is 0 Å². The molecule has 0 bridgehead atoms. The van der Waals surface area contributed by atoms with E-state index in [9.17, 15) is 14.4 Å². The van der Waals surface area contributed by atoms with Crippen LogP contribution in [0.5, 0.6) is 5.75 Å². The van der Waals surface area contributed by atoms with Crippen LogP contribution in [-0.4, -0.2) is 38.0 Å². The van der Waals surface area contributed by atoms with Crippen LogP contribution in [0.4, 0.5) is 11.4 Å². The van der Waals surface area contributed by atoms with Crippen LogP contribution in [0.3, 0.4) is 0 Å². The lowest BCUT2D eigenvalue weighted by Gasteiger charge is -2.21. The Kier molecular flexibility index (Phi) is 6.62. The van der Waals surface area contributed by atoms with Gasteiger partial charge in [-0.2, -0.15) is 0 Å². The summed E-state index contributed by atoms with van der Waals surface area (Å²) in [6, 6.07) is 10.6. The predicted molar refractivity (Wildman–Crippen MR) is 114 cm³/mol. The van der Waals surface area contributed by atoms with Crippen molar-refractivity contribution in [3.8, 4) is 5.75 Å². The van der Waals surface area contributed by atoms with Crippen molar-refractivity contribution in [1.82, 2.24) is 0 Å². The SMILES string of the molecule is COc1ccc(Cl)cc1NC(=O)COC(=O)[C@@H]1CC(=O)N(c2c(C)cccc2C)C1. The largest absolute Gasteiger partial charge is 0.495 e. The second-order valence-electron chi connectivity index (χ2n) is 7.15. The lowest BCUT2D eigenvalue weighted by molar-refractivity contribution is -0.151. The number of carbonyl (C=O) groups is 3. The highest BCUT2D eigenvalue weighted by atomic mass is 35.5. The summed E-state index contributed by atoms with van der Waals surface area (Å²) in [5.41, 5.74) is 3.13. The van der Waals surface area contributed by atoms with Crippen LogP contribution in [-0.2, 0) is 19.1 Å². The van der Waals surface area contributed by atoms with E-state index in [0.29, 0.717) is 16.5 Å². The van der Waals surface area contributed by atoms with Crippen molar-refractivity contribution in [3.05, 3.63) is 52.5 Å². The fourth-order valence-electron chi connectivity index (χ4n) is 3.53. The van der Waals surface area contributed by atoms with Crippen LogP contribution < -0.4 is 15.0 Å². The van der Waals surface area contributed by atoms with E-state index in [4.69, 9.17) is 21.1 Å². The summed E-state index contributed by atoms with van der Waals surface area (Å²) < 4.78 is 10.3. The highest BCUT2D eigenvalue weighted by Crippen LogP contribution is 2.31. The molecule has 1 heterocycles. The number of nitrogens with one attached hydrogen (secondary N) is 1. The molecule has 7 nitrogen and oxygen atoms in total. The van der Waals surface area contributed by atoms with Crippen molar-refractivity contribution in [2.24, 2.45) is 5.92 Å². The first kappa shape index (κ1) is 21.6. The zero-order chi connectivity index (χ0) is 21.8. The molecule has 0 radical (unpaired) electrons. The summed E-state index contributed by atoms with van der Waals surface area (Å²) in [5, 5.41) is 3.03. The van der Waals surface area contributed by atoms with Gasteiger partial charge in [0.15, 0.2) is 6.61 Å². The number of nitrogens with zero attached hydrogens (tertiary/aromatic N) is 1. The molecule has 158 valence electrons. The second kappa shape index (κ2) is 9.17. The molecule has 2 aromatic carbocycles. The summed E-state index contributed by atoms with van der Waals surface area (Å²) in [6.07, 6.45) is 0.0519. The maximum absolute atomic E-state index is 12.5. The Bertz CT molecular complexity index is 971. The smallest absolute Gasteiger partial charge is 0.311 e. The Labute approximate surface area is 179 Å². The van der Waals surface area contributed by atoms with Crippen molar-refractivity contribution in [3.63, 3.8) is 0 Å². The number of halogens is 1. The van der Waals surface area contributed by atoms with E-state index in [1.54, 1.807) is 17.0 Å². The molecule has 1 saturated heterocycles. The molecule has 1 aliphatic rings. The maximum atomic E-state index is 12.5. The van der Waals surface area contributed by atoms with Crippen LogP contribution in [0.25, 0.3) is 0 Å². The van der Waals surface area contributed by atoms with Gasteiger partial charge in [-0.15, -0.1) is 0 Å². The molecule has 1 aliphatic heterocycles. The number of anilines is 2. The van der Waals surface area contributed by atoms with Crippen LogP contribution in [0, 0.1) is 19.8 Å². The van der Waals surface area contributed by atoms with Gasteiger partial charge in [-0.05, 0) is 43.2 Å². The number of amides is 2. The van der Waals surface area contributed by atoms with E-state index in [1.807, 2.05) is 32.0 Å². The number of methoxy groups -OCH3 is 1. The van der Waals surface area contributed by atoms with Gasteiger partial charge >= 0.3 is 5.97 Å². The third-order valence-corrected chi connectivity index (χ3v) is 5.18. The Morgan fingerprint density at radius 2 is 1.90 bits per heavy atom. The van der Waals surface area contributed by atoms with E-state index < -0.39 is 24.4 Å². The van der Waals surface area contributed by atoms with E-state index in [-0.39, 0.29) is 18.9 Å². The molecule has 3 rings (SSSR count). The van der Waals surface area contributed by atoms with Gasteiger partial charge in [-0.3, -0.25) is 14.4 Å². The van der Waals surface area contributed by atoms with Gasteiger partial charge in [0.25, 0.3) is 5.91 Å². The first-order valence-electron chi connectivity index (χ1n) is 9.46. The number of aryl methyl sites for hydroxylation is 2. The zero-order valence-corrected chi connectivity index (χ0v) is 17.8. The fourth-order valence-corrected chi connectivity index (χ4v) is 3.70. The quantitative estimate of drug-likeness (QED) is 0.709. The minimum Gasteiger partial charge on any atom is -0.495 e. The molecule has 0 saturated carbocycles. The fraction of sp³-hybridized carbons (Fsp3) is 0.318. The third kappa shape index (κ3) is 4.74. The van der Waals surface area contributed by atoms with Crippen molar-refractivity contribution < 1.29 is 23.9 Å². The molecule has 2 aromatic rings. The van der Waals surface area contributed by atoms with Crippen molar-refractivity contribution in [2.75, 3.05) is 30.5 Å². The van der Waals surface area contributed by atoms with Gasteiger partial charge < -0.3 is 19.7 Å². The van der Waals surface area contributed by atoms with Crippen LogP contribution in [0.2, 0.25) is 5.02 Å². The van der Waals surface area contributed by atoms with Gasteiger partial charge in [0.1, 0.15) is 5.75 Å². The predicted octanol–water partition coefficient (Wildman–Crippen LogP) is 3.50. The third-order valence-electron chi connectivity index (χ3n) is 4.95. The van der Waals surface area contributed by atoms with E-state index in [0.717, 1.165) is 16.8 Å². The van der Waals surface area contributed by atoms with Gasteiger partial charge in [-0.25, -0.2) is 0 Å². The summed E-state index contributed by atoms with van der Waals surface area (Å²) in [7, 11) is 1.47. The first-order valence-corrected chi connectivity index (χ1v) is 9.84. The molecular weight excluding hydrogens is 408 g/mol. The average molecular weight is 431 g/mol. The number of rotatable bonds is 6. The second-order valence-corrected chi connectivity index (χ2v) is 7.58. The molecular formula is C22H23ClN2O5. The first-order chi connectivity index (χ1) is 14.3. The Morgan fingerprint density at radius 3 is 2.57 bits per heavy atom. The van der Waals surface area contributed by atoms with Crippen molar-refractivity contribution in [2.45, 2.75) is 20.3 Å². The number of benzene rings is 2. The van der Waals surface area contributed by atoms with Gasteiger partial charge in [0.2, 0.25) is 5.91 Å². The lowest BCUT2D eigenvalue weighted by Crippen LogP contribution is -2.29. The molecule has 0 spiro atoms. The normalized spacial score (nSPS) is 15.8. The van der Waals surface area contributed by atoms with Crippen molar-refractivity contribution >= 4 is 40.8 Å². The Balaban J connectivity index is 1.59. The standard InChI is InChI=1S/C22H23ClN2O5/c1-13-5-4-6-14(2)21(13)25-11-15(9-20(25)27)22(28)30-12-19(26)24-17-10-16(23)7-8-18(17)29-3/h4-8,10,15H,9,11-12H2,1-3H3,(H,24,26)/t15-/m1/s1. The summed E-state index contributed by atoms with van der Waals surface area (Å²) in [4.78, 5) is 38.7. The summed E-state index contributed by atoms with van der Waals surface area (Å²) in [6.45, 7) is 3.61. The number of carbonyl (C=O) groups excluding carboxylic acids is 3. The molecule has 2 amide bonds. The summed E-state index contributed by atoms with van der Waals surface area (Å²) in [5.74, 6) is -1.43. The number of para-hydroxylation sites is 1. The number of ether oxygens (including phenoxy) is 2. The number of esters is 1. The molecule has 0 unspecified atom stereocenters. The van der Waals surface area contributed by atoms with E-state index >= 15 is 0 Å².